The van der Waals surface area contributed by atoms with E-state index < -0.39 is 29.7 Å². The van der Waals surface area contributed by atoms with Gasteiger partial charge in [-0.25, -0.2) is 0 Å². The van der Waals surface area contributed by atoms with E-state index in [1.807, 2.05) is 18.2 Å². The van der Waals surface area contributed by atoms with E-state index in [1.165, 1.54) is 0 Å². The fourth-order valence-electron chi connectivity index (χ4n) is 4.71. The molecule has 0 radical (unpaired) electrons. The minimum absolute atomic E-state index is 0.0407. The zero-order chi connectivity index (χ0) is 23.1. The summed E-state index contributed by atoms with van der Waals surface area (Å²) in [7, 11) is 0. The van der Waals surface area contributed by atoms with Crippen molar-refractivity contribution in [2.45, 2.75) is 37.8 Å². The summed E-state index contributed by atoms with van der Waals surface area (Å²) in [5.41, 5.74) is 7.71. The number of imide groups is 2. The molecule has 0 aromatic heterocycles. The van der Waals surface area contributed by atoms with E-state index >= 15 is 0 Å². The Bertz CT molecular complexity index is 1140. The van der Waals surface area contributed by atoms with E-state index in [0.717, 1.165) is 23.5 Å². The highest BCUT2D eigenvalue weighted by Crippen LogP contribution is 2.35. The zero-order valence-electron chi connectivity index (χ0n) is 18.0. The van der Waals surface area contributed by atoms with E-state index in [2.05, 4.69) is 10.2 Å². The predicted molar refractivity (Wildman–Crippen MR) is 120 cm³/mol. The van der Waals surface area contributed by atoms with E-state index in [-0.39, 0.29) is 18.9 Å². The van der Waals surface area contributed by atoms with E-state index in [1.54, 1.807) is 24.3 Å². The molecular formula is C24H24N4O5. The number of nitrogen functional groups attached to an aromatic ring is 1. The number of carbonyl (C=O) groups is 4. The van der Waals surface area contributed by atoms with Gasteiger partial charge in [0.2, 0.25) is 11.8 Å². The number of piperidine rings is 2. The maximum absolute atomic E-state index is 13.3. The molecule has 3 aliphatic rings. The number of hydrogen-bond donors (Lipinski definition) is 2. The van der Waals surface area contributed by atoms with Crippen molar-refractivity contribution < 1.29 is 23.9 Å². The molecule has 2 fully saturated rings. The van der Waals surface area contributed by atoms with Crippen LogP contribution in [0, 0.1) is 0 Å². The Morgan fingerprint density at radius 3 is 2.33 bits per heavy atom. The Balaban J connectivity index is 1.32. The number of fused-ring (bicyclic) bond motifs is 1. The predicted octanol–water partition coefficient (Wildman–Crippen LogP) is 1.72. The summed E-state index contributed by atoms with van der Waals surface area (Å²) in [6, 6.07) is 11.5. The summed E-state index contributed by atoms with van der Waals surface area (Å²) >= 11 is 0. The van der Waals surface area contributed by atoms with Crippen LogP contribution in [0.15, 0.2) is 42.5 Å². The SMILES string of the molecule is Nc1ccc(OC2CCN(c3cccc4c3C(=O)N(C3CCC(=O)NC3=O)C4=O)CC2)cc1. The van der Waals surface area contributed by atoms with Gasteiger partial charge in [-0.3, -0.25) is 29.4 Å². The minimum Gasteiger partial charge on any atom is -0.490 e. The summed E-state index contributed by atoms with van der Waals surface area (Å²) in [6.07, 6.45) is 1.79. The highest BCUT2D eigenvalue weighted by molar-refractivity contribution is 6.25. The van der Waals surface area contributed by atoms with Crippen molar-refractivity contribution in [3.8, 4) is 5.75 Å². The van der Waals surface area contributed by atoms with Crippen LogP contribution in [0.3, 0.4) is 0 Å². The zero-order valence-corrected chi connectivity index (χ0v) is 18.0. The Kier molecular flexibility index (Phi) is 5.24. The first-order chi connectivity index (χ1) is 15.9. The molecule has 1 atom stereocenters. The number of benzene rings is 2. The van der Waals surface area contributed by atoms with Gasteiger partial charge in [0.15, 0.2) is 0 Å². The van der Waals surface area contributed by atoms with Crippen LogP contribution < -0.4 is 20.7 Å². The molecule has 0 saturated carbocycles. The smallest absolute Gasteiger partial charge is 0.264 e. The third kappa shape index (κ3) is 3.79. The summed E-state index contributed by atoms with van der Waals surface area (Å²) < 4.78 is 6.06. The number of nitrogens with zero attached hydrogens (tertiary/aromatic N) is 2. The molecule has 2 aromatic carbocycles. The molecule has 2 saturated heterocycles. The summed E-state index contributed by atoms with van der Waals surface area (Å²) in [5.74, 6) is -1.21. The van der Waals surface area contributed by atoms with Gasteiger partial charge in [0.1, 0.15) is 17.9 Å². The highest BCUT2D eigenvalue weighted by atomic mass is 16.5. The number of rotatable bonds is 4. The van der Waals surface area contributed by atoms with Crippen molar-refractivity contribution in [2.24, 2.45) is 0 Å². The van der Waals surface area contributed by atoms with E-state index in [9.17, 15) is 19.2 Å². The van der Waals surface area contributed by atoms with Gasteiger partial charge in [0, 0.05) is 38.0 Å². The van der Waals surface area contributed by atoms with Crippen molar-refractivity contribution >= 4 is 35.0 Å². The number of anilines is 2. The Labute approximate surface area is 190 Å². The standard InChI is InChI=1S/C24H24N4O5/c25-14-4-6-15(7-5-14)33-16-10-12-27(13-11-16)18-3-1-2-17-21(18)24(32)28(23(17)31)19-8-9-20(29)26-22(19)30/h1-7,16,19H,8-13,25H2,(H,26,29,30). The molecule has 0 spiro atoms. The van der Waals surface area contributed by atoms with Gasteiger partial charge in [0.25, 0.3) is 11.8 Å². The molecule has 3 N–H and O–H groups in total. The topological polar surface area (TPSA) is 122 Å². The molecule has 4 amide bonds. The summed E-state index contributed by atoms with van der Waals surface area (Å²) in [5, 5.41) is 2.22. The van der Waals surface area contributed by atoms with Crippen LogP contribution in [0.5, 0.6) is 5.75 Å². The third-order valence-corrected chi connectivity index (χ3v) is 6.41. The molecule has 5 rings (SSSR count). The Morgan fingerprint density at radius 1 is 0.909 bits per heavy atom. The lowest BCUT2D eigenvalue weighted by molar-refractivity contribution is -0.136. The van der Waals surface area contributed by atoms with Gasteiger partial charge >= 0.3 is 0 Å². The number of nitrogens with two attached hydrogens (primary N) is 1. The molecule has 9 heteroatoms. The van der Waals surface area contributed by atoms with Crippen molar-refractivity contribution in [1.29, 1.82) is 0 Å². The molecule has 2 aromatic rings. The first kappa shape index (κ1) is 21.0. The molecule has 0 bridgehead atoms. The third-order valence-electron chi connectivity index (χ3n) is 6.41. The van der Waals surface area contributed by atoms with E-state index in [0.29, 0.717) is 35.6 Å². The second-order valence-corrected chi connectivity index (χ2v) is 8.52. The van der Waals surface area contributed by atoms with Gasteiger partial charge in [-0.05, 0) is 42.8 Å². The molecule has 170 valence electrons. The maximum atomic E-state index is 13.3. The van der Waals surface area contributed by atoms with Gasteiger partial charge in [-0.15, -0.1) is 0 Å². The molecule has 1 unspecified atom stereocenters. The first-order valence-electron chi connectivity index (χ1n) is 11.0. The van der Waals surface area contributed by atoms with Crippen molar-refractivity contribution in [3.05, 3.63) is 53.6 Å². The normalized spacial score (nSPS) is 21.3. The van der Waals surface area contributed by atoms with Crippen molar-refractivity contribution in [2.75, 3.05) is 23.7 Å². The number of ether oxygens (including phenoxy) is 1. The number of carbonyl (C=O) groups excluding carboxylic acids is 4. The second kappa shape index (κ2) is 8.23. The Morgan fingerprint density at radius 2 is 1.64 bits per heavy atom. The molecule has 3 aliphatic heterocycles. The van der Waals surface area contributed by atoms with Crippen LogP contribution in [0.4, 0.5) is 11.4 Å². The lowest BCUT2D eigenvalue weighted by Crippen LogP contribution is -2.54. The Hall–Kier alpha value is -3.88. The van der Waals surface area contributed by atoms with Crippen molar-refractivity contribution in [3.63, 3.8) is 0 Å². The second-order valence-electron chi connectivity index (χ2n) is 8.52. The molecule has 3 heterocycles. The summed E-state index contributed by atoms with van der Waals surface area (Å²) in [4.78, 5) is 53.2. The molecule has 0 aliphatic carbocycles. The fourth-order valence-corrected chi connectivity index (χ4v) is 4.71. The van der Waals surface area contributed by atoms with Crippen LogP contribution in [-0.4, -0.2) is 53.8 Å². The lowest BCUT2D eigenvalue weighted by atomic mass is 10.0. The summed E-state index contributed by atoms with van der Waals surface area (Å²) in [6.45, 7) is 1.33. The van der Waals surface area contributed by atoms with Crippen LogP contribution in [-0.2, 0) is 9.59 Å². The average Bonchev–Trinajstić information content (AvgIpc) is 3.06. The van der Waals surface area contributed by atoms with Crippen LogP contribution >= 0.6 is 0 Å². The monoisotopic (exact) mass is 448 g/mol. The van der Waals surface area contributed by atoms with Crippen LogP contribution in [0.25, 0.3) is 0 Å². The largest absolute Gasteiger partial charge is 0.490 e. The molecular weight excluding hydrogens is 424 g/mol. The van der Waals surface area contributed by atoms with Gasteiger partial charge in [-0.1, -0.05) is 6.07 Å². The molecule has 33 heavy (non-hydrogen) atoms. The number of hydrogen-bond acceptors (Lipinski definition) is 7. The minimum atomic E-state index is -0.970. The van der Waals surface area contributed by atoms with Gasteiger partial charge in [0.05, 0.1) is 16.8 Å². The highest BCUT2D eigenvalue weighted by Gasteiger charge is 2.46. The van der Waals surface area contributed by atoms with E-state index in [4.69, 9.17) is 10.5 Å². The van der Waals surface area contributed by atoms with Crippen molar-refractivity contribution in [1.82, 2.24) is 10.2 Å². The fraction of sp³-hybridized carbons (Fsp3) is 0.333. The number of amides is 4. The van der Waals surface area contributed by atoms with Gasteiger partial charge in [-0.2, -0.15) is 0 Å². The maximum Gasteiger partial charge on any atom is 0.264 e. The number of nitrogens with one attached hydrogen (secondary N) is 1. The molecule has 9 nitrogen and oxygen atoms in total. The van der Waals surface area contributed by atoms with Gasteiger partial charge < -0.3 is 15.4 Å². The average molecular weight is 448 g/mol. The van der Waals surface area contributed by atoms with Crippen LogP contribution in [0.2, 0.25) is 0 Å². The lowest BCUT2D eigenvalue weighted by Gasteiger charge is -2.34. The quantitative estimate of drug-likeness (QED) is 0.539. The van der Waals surface area contributed by atoms with Crippen LogP contribution in [0.1, 0.15) is 46.4 Å². The first-order valence-corrected chi connectivity index (χ1v) is 11.0.